The highest BCUT2D eigenvalue weighted by atomic mass is 35.5. The van der Waals surface area contributed by atoms with Crippen molar-refractivity contribution in [1.29, 1.82) is 0 Å². The minimum absolute atomic E-state index is 0.0520. The lowest BCUT2D eigenvalue weighted by atomic mass is 10.1. The van der Waals surface area contributed by atoms with Gasteiger partial charge >= 0.3 is 5.97 Å². The molecule has 2 heterocycles. The third-order valence-electron chi connectivity index (χ3n) is 5.41. The Morgan fingerprint density at radius 2 is 1.81 bits per heavy atom. The van der Waals surface area contributed by atoms with Crippen molar-refractivity contribution in [2.45, 2.75) is 18.4 Å². The molecule has 1 N–H and O–H groups in total. The number of carbonyl (C=O) groups is 2. The number of anilines is 1. The van der Waals surface area contributed by atoms with Gasteiger partial charge in [0.2, 0.25) is 10.0 Å². The van der Waals surface area contributed by atoms with E-state index in [-0.39, 0.29) is 33.4 Å². The largest absolute Gasteiger partial charge is 0.465 e. The van der Waals surface area contributed by atoms with Gasteiger partial charge in [0.05, 0.1) is 45.4 Å². The van der Waals surface area contributed by atoms with Crippen molar-refractivity contribution >= 4 is 56.9 Å². The number of rotatable bonds is 7. The summed E-state index contributed by atoms with van der Waals surface area (Å²) in [6.45, 7) is 1.50. The zero-order chi connectivity index (χ0) is 26.0. The van der Waals surface area contributed by atoms with Crippen molar-refractivity contribution in [3.05, 3.63) is 99.1 Å². The Balaban J connectivity index is 1.62. The first-order valence-electron chi connectivity index (χ1n) is 10.6. The van der Waals surface area contributed by atoms with Crippen LogP contribution in [-0.2, 0) is 30.9 Å². The number of furan rings is 1. The van der Waals surface area contributed by atoms with E-state index in [0.717, 1.165) is 0 Å². The number of hydrogen-bond acceptors (Lipinski definition) is 6. The number of esters is 1. The number of hydrogen-bond donors (Lipinski definition) is 1. The molecule has 2 aromatic carbocycles. The summed E-state index contributed by atoms with van der Waals surface area (Å²) >= 11 is 12.1. The molecule has 0 saturated heterocycles. The lowest BCUT2D eigenvalue weighted by molar-refractivity contribution is -0.136. The van der Waals surface area contributed by atoms with E-state index in [2.05, 4.69) is 4.72 Å². The molecule has 0 unspecified atom stereocenters. The molecule has 8 nitrogen and oxygen atoms in total. The average Bonchev–Trinajstić information content (AvgIpc) is 3.41. The van der Waals surface area contributed by atoms with E-state index in [9.17, 15) is 18.0 Å². The first kappa shape index (κ1) is 25.7. The Morgan fingerprint density at radius 1 is 1.08 bits per heavy atom. The predicted molar refractivity (Wildman–Crippen MR) is 136 cm³/mol. The summed E-state index contributed by atoms with van der Waals surface area (Å²) in [5, 5.41) is 0.573. The molecule has 0 radical (unpaired) electrons. The minimum Gasteiger partial charge on any atom is -0.465 e. The first-order chi connectivity index (χ1) is 17.1. The lowest BCUT2D eigenvalue weighted by Gasteiger charge is -2.18. The molecule has 0 saturated carbocycles. The molecule has 1 aliphatic rings. The first-order valence-corrected chi connectivity index (χ1v) is 12.8. The summed E-state index contributed by atoms with van der Waals surface area (Å²) in [6, 6.07) is 15.8. The maximum atomic E-state index is 13.4. The van der Waals surface area contributed by atoms with Gasteiger partial charge in [-0.3, -0.25) is 9.69 Å². The molecule has 1 amide bonds. The Labute approximate surface area is 217 Å². The maximum absolute atomic E-state index is 13.4. The number of amides is 1. The Morgan fingerprint density at radius 3 is 2.47 bits per heavy atom. The summed E-state index contributed by atoms with van der Waals surface area (Å²) in [6.07, 6.45) is 1.41. The Hall–Kier alpha value is -3.37. The fourth-order valence-corrected chi connectivity index (χ4v) is 4.98. The highest BCUT2D eigenvalue weighted by molar-refractivity contribution is 7.89. The van der Waals surface area contributed by atoms with Crippen molar-refractivity contribution in [2.75, 3.05) is 12.0 Å². The molecule has 186 valence electrons. The third-order valence-corrected chi connectivity index (χ3v) is 7.57. The van der Waals surface area contributed by atoms with Gasteiger partial charge in [0.1, 0.15) is 11.5 Å². The van der Waals surface area contributed by atoms with Gasteiger partial charge in [-0.15, -0.1) is 0 Å². The normalized spacial score (nSPS) is 15.2. The number of nitrogens with one attached hydrogen (secondary N) is 1. The van der Waals surface area contributed by atoms with Crippen molar-refractivity contribution in [3.8, 4) is 0 Å². The molecular formula is C25H20Cl2N2O6S. The van der Waals surface area contributed by atoms with Crippen LogP contribution in [0.4, 0.5) is 5.69 Å². The molecule has 0 fully saturated rings. The van der Waals surface area contributed by atoms with Crippen LogP contribution in [0.1, 0.15) is 18.4 Å². The Bertz CT molecular complexity index is 1510. The SMILES string of the molecule is COC(=O)C1=C(C)N(c2ccc(Cl)c(Cl)c2)C(=O)/C1=C/c1ccc(CNS(=O)(=O)c2ccccc2)o1. The number of allylic oxidation sites excluding steroid dienone is 1. The van der Waals surface area contributed by atoms with Gasteiger partial charge in [-0.2, -0.15) is 0 Å². The molecular weight excluding hydrogens is 527 g/mol. The third kappa shape index (κ3) is 5.10. The van der Waals surface area contributed by atoms with E-state index in [0.29, 0.717) is 22.2 Å². The smallest absolute Gasteiger partial charge is 0.340 e. The summed E-state index contributed by atoms with van der Waals surface area (Å²) < 4.78 is 38.0. The van der Waals surface area contributed by atoms with Gasteiger partial charge in [-0.1, -0.05) is 41.4 Å². The quantitative estimate of drug-likeness (QED) is 0.332. The topological polar surface area (TPSA) is 106 Å². The number of sulfonamides is 1. The molecule has 1 aliphatic heterocycles. The van der Waals surface area contributed by atoms with Crippen LogP contribution in [0.2, 0.25) is 10.0 Å². The van der Waals surface area contributed by atoms with Crippen LogP contribution in [0.15, 0.2) is 86.8 Å². The van der Waals surface area contributed by atoms with Crippen molar-refractivity contribution in [1.82, 2.24) is 4.72 Å². The van der Waals surface area contributed by atoms with E-state index in [1.165, 1.54) is 36.3 Å². The van der Waals surface area contributed by atoms with E-state index in [1.807, 2.05) is 0 Å². The second-order valence-corrected chi connectivity index (χ2v) is 10.3. The zero-order valence-electron chi connectivity index (χ0n) is 19.1. The summed E-state index contributed by atoms with van der Waals surface area (Å²) in [5.41, 5.74) is 0.888. The monoisotopic (exact) mass is 546 g/mol. The molecule has 3 aromatic rings. The number of nitrogens with zero attached hydrogens (tertiary/aromatic N) is 1. The van der Waals surface area contributed by atoms with Crippen molar-refractivity contribution < 1.29 is 27.2 Å². The van der Waals surface area contributed by atoms with E-state index >= 15 is 0 Å². The maximum Gasteiger partial charge on any atom is 0.340 e. The fraction of sp³-hybridized carbons (Fsp3) is 0.120. The second-order valence-electron chi connectivity index (χ2n) is 7.69. The molecule has 0 spiro atoms. The molecule has 0 atom stereocenters. The van der Waals surface area contributed by atoms with Gasteiger partial charge in [-0.05, 0) is 55.5 Å². The van der Waals surface area contributed by atoms with Crippen molar-refractivity contribution in [3.63, 3.8) is 0 Å². The second kappa shape index (κ2) is 10.3. The number of carbonyl (C=O) groups excluding carboxylic acids is 2. The zero-order valence-corrected chi connectivity index (χ0v) is 21.4. The number of benzene rings is 2. The van der Waals surface area contributed by atoms with Crippen LogP contribution in [0.25, 0.3) is 6.08 Å². The summed E-state index contributed by atoms with van der Waals surface area (Å²) in [7, 11) is -2.51. The predicted octanol–water partition coefficient (Wildman–Crippen LogP) is 4.94. The highest BCUT2D eigenvalue weighted by Gasteiger charge is 2.38. The highest BCUT2D eigenvalue weighted by Crippen LogP contribution is 2.37. The van der Waals surface area contributed by atoms with Gasteiger partial charge in [0.15, 0.2) is 0 Å². The van der Waals surface area contributed by atoms with E-state index in [1.54, 1.807) is 49.4 Å². The molecule has 36 heavy (non-hydrogen) atoms. The minimum atomic E-state index is -3.73. The fourth-order valence-electron chi connectivity index (χ4n) is 3.67. The molecule has 0 bridgehead atoms. The van der Waals surface area contributed by atoms with Crippen LogP contribution in [0.5, 0.6) is 0 Å². The molecule has 0 aliphatic carbocycles. The standard InChI is InChI=1S/C25H20Cl2N2O6S/c1-15-23(25(31)34-2)20(24(30)29(15)16-8-11-21(26)22(27)12-16)13-17-9-10-18(35-17)14-28-36(32,33)19-6-4-3-5-7-19/h3-13,28H,14H2,1-2H3/b20-13+. The van der Waals surface area contributed by atoms with Gasteiger partial charge in [0, 0.05) is 5.70 Å². The summed E-state index contributed by atoms with van der Waals surface area (Å²) in [5.74, 6) is -0.628. The van der Waals surface area contributed by atoms with Crippen LogP contribution in [0, 0.1) is 0 Å². The van der Waals surface area contributed by atoms with Crippen LogP contribution >= 0.6 is 23.2 Å². The van der Waals surface area contributed by atoms with Crippen LogP contribution in [-0.4, -0.2) is 27.4 Å². The van der Waals surface area contributed by atoms with Crippen LogP contribution < -0.4 is 9.62 Å². The number of ether oxygens (including phenoxy) is 1. The van der Waals surface area contributed by atoms with Gasteiger partial charge in [0.25, 0.3) is 5.91 Å². The number of methoxy groups -OCH3 is 1. The molecule has 1 aromatic heterocycles. The lowest BCUT2D eigenvalue weighted by Crippen LogP contribution is -2.24. The number of halogens is 2. The average molecular weight is 547 g/mol. The Kier molecular flexibility index (Phi) is 7.37. The van der Waals surface area contributed by atoms with E-state index in [4.69, 9.17) is 32.4 Å². The van der Waals surface area contributed by atoms with Gasteiger partial charge < -0.3 is 9.15 Å². The van der Waals surface area contributed by atoms with Crippen LogP contribution in [0.3, 0.4) is 0 Å². The van der Waals surface area contributed by atoms with E-state index < -0.39 is 21.9 Å². The van der Waals surface area contributed by atoms with Crippen molar-refractivity contribution in [2.24, 2.45) is 0 Å². The molecule has 11 heteroatoms. The summed E-state index contributed by atoms with van der Waals surface area (Å²) in [4.78, 5) is 27.4. The molecule has 4 rings (SSSR count). The van der Waals surface area contributed by atoms with Gasteiger partial charge in [-0.25, -0.2) is 17.9 Å².